The zero-order valence-corrected chi connectivity index (χ0v) is 37.7. The van der Waals surface area contributed by atoms with Crippen LogP contribution in [0, 0.1) is 69.0 Å². The van der Waals surface area contributed by atoms with Gasteiger partial charge in [0.15, 0.2) is 5.78 Å². The molecule has 6 aliphatic carbocycles. The lowest BCUT2D eigenvalue weighted by Crippen LogP contribution is -2.63. The monoisotopic (exact) mass is 819 g/mol. The van der Waals surface area contributed by atoms with Gasteiger partial charge in [-0.25, -0.2) is 4.79 Å². The van der Waals surface area contributed by atoms with Crippen LogP contribution in [0.1, 0.15) is 145 Å². The number of carboxylic acid groups (broad SMARTS) is 1. The Kier molecular flexibility index (Phi) is 11.4. The number of Topliss-reactive ketones (excluding diaryl/α,β-unsaturated/α-hetero) is 1. The van der Waals surface area contributed by atoms with Crippen molar-refractivity contribution in [2.45, 2.75) is 158 Å². The molecule has 1 aromatic rings. The Balaban J connectivity index is 1.12. The number of rotatable bonds is 9. The van der Waals surface area contributed by atoms with E-state index in [1.54, 1.807) is 0 Å². The summed E-state index contributed by atoms with van der Waals surface area (Å²) in [6, 6.07) is 7.65. The van der Waals surface area contributed by atoms with E-state index in [4.69, 9.17) is 21.1 Å². The number of halogens is 1. The highest BCUT2D eigenvalue weighted by atomic mass is 35.5. The van der Waals surface area contributed by atoms with Crippen molar-refractivity contribution in [2.75, 3.05) is 6.54 Å². The smallest absolute Gasteiger partial charge is 0.410 e. The third-order valence-corrected chi connectivity index (χ3v) is 17.4. The van der Waals surface area contributed by atoms with E-state index in [9.17, 15) is 24.3 Å². The Morgan fingerprint density at radius 3 is 2.21 bits per heavy atom. The molecule has 0 bridgehead atoms. The molecule has 0 heterocycles. The van der Waals surface area contributed by atoms with Crippen LogP contribution >= 0.6 is 11.6 Å². The molecule has 5 saturated carbocycles. The van der Waals surface area contributed by atoms with Crippen LogP contribution in [0.25, 0.3) is 0 Å². The van der Waals surface area contributed by atoms with Crippen LogP contribution in [0.4, 0.5) is 4.79 Å². The van der Waals surface area contributed by atoms with Crippen LogP contribution in [0.5, 0.6) is 0 Å². The molecule has 11 atom stereocenters. The van der Waals surface area contributed by atoms with Gasteiger partial charge >= 0.3 is 18.0 Å². The molecule has 8 nitrogen and oxygen atoms in total. The average molecular weight is 821 g/mol. The van der Waals surface area contributed by atoms with Gasteiger partial charge in [0.2, 0.25) is 0 Å². The maximum Gasteiger partial charge on any atom is 0.410 e. The van der Waals surface area contributed by atoms with E-state index < -0.39 is 17.5 Å². The summed E-state index contributed by atoms with van der Waals surface area (Å²) in [5.74, 6) is 0.233. The van der Waals surface area contributed by atoms with Crippen LogP contribution < -0.4 is 0 Å². The van der Waals surface area contributed by atoms with E-state index in [-0.39, 0.29) is 57.6 Å². The summed E-state index contributed by atoms with van der Waals surface area (Å²) in [4.78, 5) is 54.9. The quantitative estimate of drug-likeness (QED) is 0.247. The van der Waals surface area contributed by atoms with Gasteiger partial charge in [-0.3, -0.25) is 14.4 Å². The van der Waals surface area contributed by atoms with Crippen molar-refractivity contribution in [3.05, 3.63) is 46.0 Å². The summed E-state index contributed by atoms with van der Waals surface area (Å²) < 4.78 is 12.3. The number of hydrogen-bond donors (Lipinski definition) is 1. The number of ketones is 1. The average Bonchev–Trinajstić information content (AvgIpc) is 3.42. The van der Waals surface area contributed by atoms with Gasteiger partial charge in [-0.05, 0) is 155 Å². The summed E-state index contributed by atoms with van der Waals surface area (Å²) >= 11 is 6.22. The van der Waals surface area contributed by atoms with Crippen molar-refractivity contribution >= 4 is 35.4 Å². The fourth-order valence-electron chi connectivity index (χ4n) is 14.3. The Bertz CT molecular complexity index is 1830. The molecule has 7 rings (SSSR count). The van der Waals surface area contributed by atoms with Gasteiger partial charge in [0, 0.05) is 35.4 Å². The number of hydrogen-bond acceptors (Lipinski definition) is 6. The summed E-state index contributed by atoms with van der Waals surface area (Å²) in [6.45, 7) is 22.6. The van der Waals surface area contributed by atoms with Gasteiger partial charge < -0.3 is 19.5 Å². The largest absolute Gasteiger partial charge is 0.481 e. The van der Waals surface area contributed by atoms with Gasteiger partial charge in [0.1, 0.15) is 11.7 Å². The first kappa shape index (κ1) is 43.2. The highest BCUT2D eigenvalue weighted by Crippen LogP contribution is 2.73. The van der Waals surface area contributed by atoms with Gasteiger partial charge in [-0.15, -0.1) is 0 Å². The third-order valence-electron chi connectivity index (χ3n) is 17.1. The van der Waals surface area contributed by atoms with Crippen molar-refractivity contribution in [3.63, 3.8) is 0 Å². The lowest BCUT2D eigenvalue weighted by Gasteiger charge is -2.69. The number of benzene rings is 1. The molecular formula is C49H70ClNO7. The molecule has 9 heteroatoms. The minimum atomic E-state index is -0.819. The number of carbonyl (C=O) groups excluding carboxylic acids is 3. The van der Waals surface area contributed by atoms with Crippen molar-refractivity contribution in [1.29, 1.82) is 0 Å². The van der Waals surface area contributed by atoms with E-state index >= 15 is 0 Å². The van der Waals surface area contributed by atoms with Crippen molar-refractivity contribution < 1.29 is 33.8 Å². The molecule has 6 aliphatic rings. The fraction of sp³-hybridized carbons (Fsp3) is 0.755. The predicted molar refractivity (Wildman–Crippen MR) is 226 cm³/mol. The highest BCUT2D eigenvalue weighted by Gasteiger charge is 2.67. The number of allylic oxidation sites excluding steroid dienone is 2. The number of amides is 1. The Morgan fingerprint density at radius 2 is 1.59 bits per heavy atom. The van der Waals surface area contributed by atoms with Gasteiger partial charge in [-0.2, -0.15) is 0 Å². The molecule has 0 radical (unpaired) electrons. The number of carbonyl (C=O) groups is 4. The molecule has 1 aromatic carbocycles. The van der Waals surface area contributed by atoms with Gasteiger partial charge in [-0.1, -0.05) is 77.8 Å². The van der Waals surface area contributed by atoms with Crippen LogP contribution in [0.15, 0.2) is 35.4 Å². The van der Waals surface area contributed by atoms with E-state index in [1.165, 1.54) is 5.57 Å². The van der Waals surface area contributed by atoms with Crippen molar-refractivity contribution in [2.24, 2.45) is 69.0 Å². The number of fused-ring (bicyclic) bond motifs is 7. The predicted octanol–water partition coefficient (Wildman–Crippen LogP) is 11.3. The first-order valence-electron chi connectivity index (χ1n) is 22.5. The maximum atomic E-state index is 14.2. The number of ether oxygens (including phenoxy) is 2. The topological polar surface area (TPSA) is 110 Å². The molecular weight excluding hydrogens is 750 g/mol. The van der Waals surface area contributed by atoms with E-state index in [0.717, 1.165) is 68.9 Å². The zero-order chi connectivity index (χ0) is 42.3. The highest BCUT2D eigenvalue weighted by molar-refractivity contribution is 6.30. The minimum Gasteiger partial charge on any atom is -0.481 e. The van der Waals surface area contributed by atoms with Crippen LogP contribution in [0.2, 0.25) is 5.02 Å². The third kappa shape index (κ3) is 7.35. The normalized spacial score (nSPS) is 37.8. The second kappa shape index (κ2) is 15.2. The van der Waals surface area contributed by atoms with Crippen LogP contribution in [0.3, 0.4) is 0 Å². The molecule has 5 fully saturated rings. The Hall–Kier alpha value is -2.87. The van der Waals surface area contributed by atoms with E-state index in [0.29, 0.717) is 60.4 Å². The minimum absolute atomic E-state index is 0.105. The van der Waals surface area contributed by atoms with E-state index in [2.05, 4.69) is 41.5 Å². The Labute approximate surface area is 352 Å². The summed E-state index contributed by atoms with van der Waals surface area (Å²) in [5.41, 5.74) is 2.64. The summed E-state index contributed by atoms with van der Waals surface area (Å²) in [7, 11) is 0. The van der Waals surface area contributed by atoms with Gasteiger partial charge in [0.25, 0.3) is 0 Å². The first-order valence-corrected chi connectivity index (χ1v) is 22.8. The first-order chi connectivity index (χ1) is 27.0. The molecule has 320 valence electrons. The molecule has 0 aromatic heterocycles. The van der Waals surface area contributed by atoms with Gasteiger partial charge in [0.05, 0.1) is 11.8 Å². The van der Waals surface area contributed by atoms with E-state index in [1.807, 2.05) is 56.9 Å². The van der Waals surface area contributed by atoms with Crippen molar-refractivity contribution in [3.8, 4) is 0 Å². The molecule has 1 amide bonds. The fourth-order valence-corrected chi connectivity index (χ4v) is 14.4. The molecule has 11 unspecified atom stereocenters. The number of aliphatic carboxylic acids is 1. The molecule has 0 spiro atoms. The maximum absolute atomic E-state index is 14.2. The second-order valence-electron chi connectivity index (χ2n) is 22.1. The molecule has 0 aliphatic heterocycles. The zero-order valence-electron chi connectivity index (χ0n) is 36.9. The van der Waals surface area contributed by atoms with Crippen LogP contribution in [-0.4, -0.2) is 52.1 Å². The molecule has 58 heavy (non-hydrogen) atoms. The Morgan fingerprint density at radius 1 is 0.914 bits per heavy atom. The number of carboxylic acids is 1. The number of nitrogens with zero attached hydrogens (tertiary/aromatic N) is 1. The standard InChI is InChI=1S/C49H70ClNO7/c1-28(2)40-36(52)26-49(23-24-51(44(56)58-45(4,5)6)27-30-11-13-31(50)14-12-30)22-17-35-32(41(40)49)15-16-38-47(35,9)20-18-37-46(7,8)39(19-21-48(37,38)10)57-43(55)34-25-33(29(34)3)42(53)54/h11-14,28-29,32-35,37-39H,15-27H2,1-10H3,(H,53,54). The summed E-state index contributed by atoms with van der Waals surface area (Å²) in [5, 5.41) is 10.2. The lowest BCUT2D eigenvalue weighted by molar-refractivity contribution is -0.217. The number of esters is 1. The second-order valence-corrected chi connectivity index (χ2v) is 22.5. The van der Waals surface area contributed by atoms with Crippen molar-refractivity contribution in [1.82, 2.24) is 4.90 Å². The van der Waals surface area contributed by atoms with Crippen LogP contribution in [-0.2, 0) is 30.4 Å². The SMILES string of the molecule is CC(C)C1=C2C3CCC4C(C)(CCC5C(C)(C)C(OC(=O)C6CC(C(=O)O)C6C)CCC54C)C3CCC2(CCN(Cc2ccc(Cl)cc2)C(=O)OC(C)(C)C)CC1=O. The summed E-state index contributed by atoms with van der Waals surface area (Å²) in [6.07, 6.45) is 9.47. The lowest BCUT2D eigenvalue weighted by atomic mass is 9.36. The molecule has 1 N–H and O–H groups in total. The molecule has 0 saturated heterocycles.